The van der Waals surface area contributed by atoms with Gasteiger partial charge in [-0.15, -0.1) is 0 Å². The van der Waals surface area contributed by atoms with Gasteiger partial charge in [-0.3, -0.25) is 0 Å². The highest BCUT2D eigenvalue weighted by Gasteiger charge is 2.56. The van der Waals surface area contributed by atoms with Gasteiger partial charge in [0.15, 0.2) is 0 Å². The van der Waals surface area contributed by atoms with Crippen molar-refractivity contribution in [3.8, 4) is 0 Å². The summed E-state index contributed by atoms with van der Waals surface area (Å²) in [6, 6.07) is 0. The molecule has 0 spiro atoms. The van der Waals surface area contributed by atoms with Crippen molar-refractivity contribution < 1.29 is 5.11 Å². The molecule has 7 atom stereocenters. The summed E-state index contributed by atoms with van der Waals surface area (Å²) in [6.45, 7) is 12.5. The Hall–Kier alpha value is -0.560. The average Bonchev–Trinajstić information content (AvgIpc) is 2.99. The summed E-state index contributed by atoms with van der Waals surface area (Å²) in [6.07, 6.45) is 17.8. The fourth-order valence-electron chi connectivity index (χ4n) is 8.01. The van der Waals surface area contributed by atoms with E-state index in [1.165, 1.54) is 51.4 Å². The van der Waals surface area contributed by atoms with Crippen LogP contribution in [0.2, 0.25) is 0 Å². The summed E-state index contributed by atoms with van der Waals surface area (Å²) >= 11 is 0. The zero-order valence-corrected chi connectivity index (χ0v) is 19.1. The predicted octanol–water partition coefficient (Wildman–Crippen LogP) is 7.31. The van der Waals surface area contributed by atoms with E-state index >= 15 is 0 Å². The highest BCUT2D eigenvalue weighted by molar-refractivity contribution is 5.38. The third kappa shape index (κ3) is 3.34. The molecule has 1 nitrogen and oxygen atoms in total. The SMILES string of the molecule is CC(C)CCC[C@@H](C)[C@H]1CC[C@H]2C3=CC=C4CC(O)CC[C@]4(C)[C@H]3CC[C@]12C. The van der Waals surface area contributed by atoms with Crippen LogP contribution in [0.4, 0.5) is 0 Å². The summed E-state index contributed by atoms with van der Waals surface area (Å²) in [5.74, 6) is 4.19. The first-order chi connectivity index (χ1) is 13.3. The lowest BCUT2D eigenvalue weighted by Gasteiger charge is -2.55. The van der Waals surface area contributed by atoms with Crippen LogP contribution in [0.25, 0.3) is 0 Å². The minimum absolute atomic E-state index is 0.106. The molecule has 4 aliphatic carbocycles. The summed E-state index contributed by atoms with van der Waals surface area (Å²) in [5, 5.41) is 10.2. The van der Waals surface area contributed by atoms with Crippen molar-refractivity contribution in [1.82, 2.24) is 0 Å². The molecule has 1 unspecified atom stereocenters. The maximum absolute atomic E-state index is 10.2. The van der Waals surface area contributed by atoms with Crippen molar-refractivity contribution >= 4 is 0 Å². The summed E-state index contributed by atoms with van der Waals surface area (Å²) in [5.41, 5.74) is 4.19. The molecule has 3 fully saturated rings. The number of rotatable bonds is 5. The largest absolute Gasteiger partial charge is 0.393 e. The summed E-state index contributed by atoms with van der Waals surface area (Å²) in [4.78, 5) is 0. The number of allylic oxidation sites excluding steroid dienone is 3. The first-order valence-electron chi connectivity index (χ1n) is 12.3. The Morgan fingerprint density at radius 1 is 0.964 bits per heavy atom. The van der Waals surface area contributed by atoms with E-state index in [0.717, 1.165) is 42.4 Å². The van der Waals surface area contributed by atoms with Crippen LogP contribution in [0.1, 0.15) is 98.8 Å². The minimum atomic E-state index is -0.106. The molecular formula is C27H44O. The highest BCUT2D eigenvalue weighted by atomic mass is 16.3. The molecule has 0 amide bonds. The van der Waals surface area contributed by atoms with Gasteiger partial charge >= 0.3 is 0 Å². The van der Waals surface area contributed by atoms with Crippen LogP contribution in [0.15, 0.2) is 23.3 Å². The molecule has 4 rings (SSSR count). The smallest absolute Gasteiger partial charge is 0.0578 e. The topological polar surface area (TPSA) is 20.2 Å². The van der Waals surface area contributed by atoms with Crippen LogP contribution < -0.4 is 0 Å². The molecule has 0 bridgehead atoms. The van der Waals surface area contributed by atoms with E-state index in [9.17, 15) is 5.11 Å². The second-order valence-electron chi connectivity index (χ2n) is 11.8. The molecule has 0 aromatic rings. The Kier molecular flexibility index (Phi) is 5.62. The fourth-order valence-corrected chi connectivity index (χ4v) is 8.01. The molecule has 0 heterocycles. The van der Waals surface area contributed by atoms with E-state index in [-0.39, 0.29) is 6.10 Å². The molecule has 1 heteroatoms. The maximum atomic E-state index is 10.2. The second-order valence-corrected chi connectivity index (χ2v) is 11.8. The molecule has 0 aromatic carbocycles. The van der Waals surface area contributed by atoms with E-state index < -0.39 is 0 Å². The van der Waals surface area contributed by atoms with Crippen LogP contribution in [0.3, 0.4) is 0 Å². The molecule has 28 heavy (non-hydrogen) atoms. The van der Waals surface area contributed by atoms with Crippen molar-refractivity contribution in [2.75, 3.05) is 0 Å². The third-order valence-electron chi connectivity index (χ3n) is 9.75. The fraction of sp³-hybridized carbons (Fsp3) is 0.852. The van der Waals surface area contributed by atoms with Gasteiger partial charge in [-0.1, -0.05) is 77.2 Å². The van der Waals surface area contributed by atoms with Gasteiger partial charge in [0.2, 0.25) is 0 Å². The Labute approximate surface area is 174 Å². The number of aliphatic hydroxyl groups excluding tert-OH is 1. The molecular weight excluding hydrogens is 340 g/mol. The van der Waals surface area contributed by atoms with E-state index in [1.807, 2.05) is 0 Å². The lowest BCUT2D eigenvalue weighted by molar-refractivity contribution is 0.0323. The predicted molar refractivity (Wildman–Crippen MR) is 119 cm³/mol. The van der Waals surface area contributed by atoms with Crippen molar-refractivity contribution in [2.45, 2.75) is 105 Å². The zero-order chi connectivity index (χ0) is 20.1. The van der Waals surface area contributed by atoms with Gasteiger partial charge in [-0.25, -0.2) is 0 Å². The lowest BCUT2D eigenvalue weighted by atomic mass is 9.50. The molecule has 1 N–H and O–H groups in total. The Morgan fingerprint density at radius 3 is 2.50 bits per heavy atom. The van der Waals surface area contributed by atoms with Gasteiger partial charge in [-0.2, -0.15) is 0 Å². The normalized spacial score (nSPS) is 43.7. The van der Waals surface area contributed by atoms with Crippen LogP contribution in [0.5, 0.6) is 0 Å². The third-order valence-corrected chi connectivity index (χ3v) is 9.75. The Morgan fingerprint density at radius 2 is 1.75 bits per heavy atom. The van der Waals surface area contributed by atoms with E-state index in [0.29, 0.717) is 10.8 Å². The average molecular weight is 385 g/mol. The molecule has 0 aliphatic heterocycles. The molecule has 158 valence electrons. The van der Waals surface area contributed by atoms with Gasteiger partial charge < -0.3 is 5.11 Å². The highest BCUT2D eigenvalue weighted by Crippen LogP contribution is 2.66. The van der Waals surface area contributed by atoms with E-state index in [2.05, 4.69) is 46.8 Å². The number of hydrogen-bond acceptors (Lipinski definition) is 1. The quantitative estimate of drug-likeness (QED) is 0.527. The lowest BCUT2D eigenvalue weighted by Crippen LogP contribution is -2.46. The number of hydrogen-bond donors (Lipinski definition) is 1. The zero-order valence-electron chi connectivity index (χ0n) is 19.1. The Balaban J connectivity index is 1.53. The first kappa shape index (κ1) is 20.7. The molecule has 0 aromatic heterocycles. The van der Waals surface area contributed by atoms with Crippen LogP contribution in [-0.4, -0.2) is 11.2 Å². The number of aliphatic hydroxyl groups is 1. The summed E-state index contributed by atoms with van der Waals surface area (Å²) in [7, 11) is 0. The first-order valence-corrected chi connectivity index (χ1v) is 12.3. The van der Waals surface area contributed by atoms with Crippen molar-refractivity contribution in [1.29, 1.82) is 0 Å². The molecule has 3 saturated carbocycles. The minimum Gasteiger partial charge on any atom is -0.393 e. The molecule has 4 aliphatic rings. The van der Waals surface area contributed by atoms with E-state index in [4.69, 9.17) is 0 Å². The van der Waals surface area contributed by atoms with Gasteiger partial charge in [-0.05, 0) is 85.4 Å². The standard InChI is InChI=1S/C27H44O/c1-18(2)7-6-8-19(3)23-11-12-24-22-10-9-20-17-21(28)13-15-26(20,4)25(22)14-16-27(23,24)5/h9-10,18-19,21,23-25,28H,6-8,11-17H2,1-5H3/t19-,21?,23-,24+,25+,26+,27-/m1/s1. The van der Waals surface area contributed by atoms with Crippen molar-refractivity contribution in [2.24, 2.45) is 40.4 Å². The molecule has 0 radical (unpaired) electrons. The Bertz CT molecular complexity index is 643. The van der Waals surface area contributed by atoms with E-state index in [1.54, 1.807) is 11.1 Å². The van der Waals surface area contributed by atoms with Crippen LogP contribution in [-0.2, 0) is 0 Å². The van der Waals surface area contributed by atoms with Gasteiger partial charge in [0.25, 0.3) is 0 Å². The van der Waals surface area contributed by atoms with Crippen LogP contribution >= 0.6 is 0 Å². The number of fused-ring (bicyclic) bond motifs is 5. The second kappa shape index (κ2) is 7.60. The van der Waals surface area contributed by atoms with Crippen LogP contribution in [0, 0.1) is 40.4 Å². The summed E-state index contributed by atoms with van der Waals surface area (Å²) < 4.78 is 0. The van der Waals surface area contributed by atoms with Gasteiger partial charge in [0.1, 0.15) is 0 Å². The van der Waals surface area contributed by atoms with Crippen molar-refractivity contribution in [3.05, 3.63) is 23.3 Å². The maximum Gasteiger partial charge on any atom is 0.0578 e. The molecule has 0 saturated heterocycles. The monoisotopic (exact) mass is 384 g/mol. The van der Waals surface area contributed by atoms with Gasteiger partial charge in [0.05, 0.1) is 6.10 Å². The van der Waals surface area contributed by atoms with Gasteiger partial charge in [0, 0.05) is 0 Å². The van der Waals surface area contributed by atoms with Crippen molar-refractivity contribution in [3.63, 3.8) is 0 Å².